The Hall–Kier alpha value is -1.70. The Kier molecular flexibility index (Phi) is 3.30. The van der Waals surface area contributed by atoms with E-state index in [0.717, 1.165) is 24.5 Å². The Balaban J connectivity index is 2.45. The van der Waals surface area contributed by atoms with E-state index in [9.17, 15) is 0 Å². The van der Waals surface area contributed by atoms with Crippen molar-refractivity contribution >= 4 is 16.5 Å². The van der Waals surface area contributed by atoms with Gasteiger partial charge < -0.3 is 10.1 Å². The van der Waals surface area contributed by atoms with Crippen LogP contribution in [0.15, 0.2) is 36.4 Å². The molecule has 0 atom stereocenters. The highest BCUT2D eigenvalue weighted by Gasteiger charge is 2.04. The van der Waals surface area contributed by atoms with Crippen molar-refractivity contribution in [3.63, 3.8) is 0 Å². The SMILES string of the molecule is CCCOc1cc2ccccc2cc1NC. The van der Waals surface area contributed by atoms with E-state index >= 15 is 0 Å². The molecule has 0 aliphatic heterocycles. The molecular formula is C14H17NO. The molecule has 0 unspecified atom stereocenters. The molecule has 2 aromatic rings. The van der Waals surface area contributed by atoms with Crippen LogP contribution in [0.25, 0.3) is 10.8 Å². The molecule has 2 nitrogen and oxygen atoms in total. The molecule has 0 aliphatic rings. The van der Waals surface area contributed by atoms with Gasteiger partial charge in [0, 0.05) is 7.05 Å². The lowest BCUT2D eigenvalue weighted by atomic mass is 10.1. The highest BCUT2D eigenvalue weighted by Crippen LogP contribution is 2.30. The molecule has 2 aromatic carbocycles. The van der Waals surface area contributed by atoms with Crippen LogP contribution in [0.2, 0.25) is 0 Å². The number of benzene rings is 2. The summed E-state index contributed by atoms with van der Waals surface area (Å²) in [5.41, 5.74) is 1.05. The number of fused-ring (bicyclic) bond motifs is 1. The van der Waals surface area contributed by atoms with Gasteiger partial charge in [-0.25, -0.2) is 0 Å². The lowest BCUT2D eigenvalue weighted by Crippen LogP contribution is -1.99. The molecule has 0 saturated carbocycles. The lowest BCUT2D eigenvalue weighted by molar-refractivity contribution is 0.319. The Labute approximate surface area is 96.2 Å². The Morgan fingerprint density at radius 2 is 1.81 bits per heavy atom. The maximum absolute atomic E-state index is 5.72. The van der Waals surface area contributed by atoms with Gasteiger partial charge in [0.1, 0.15) is 5.75 Å². The number of nitrogens with one attached hydrogen (secondary N) is 1. The molecule has 0 radical (unpaired) electrons. The van der Waals surface area contributed by atoms with E-state index in [0.29, 0.717) is 0 Å². The summed E-state index contributed by atoms with van der Waals surface area (Å²) in [6, 6.07) is 12.5. The fourth-order valence-corrected chi connectivity index (χ4v) is 1.75. The minimum atomic E-state index is 0.757. The summed E-state index contributed by atoms with van der Waals surface area (Å²) in [6.07, 6.45) is 1.02. The fourth-order valence-electron chi connectivity index (χ4n) is 1.75. The molecule has 0 spiro atoms. The Bertz CT molecular complexity index is 479. The van der Waals surface area contributed by atoms with E-state index in [1.807, 2.05) is 19.2 Å². The summed E-state index contributed by atoms with van der Waals surface area (Å²) in [5, 5.41) is 5.62. The standard InChI is InChI=1S/C14H17NO/c1-3-8-16-14-10-12-7-5-4-6-11(12)9-13(14)15-2/h4-7,9-10,15H,3,8H2,1-2H3. The lowest BCUT2D eigenvalue weighted by Gasteiger charge is -2.12. The van der Waals surface area contributed by atoms with Crippen LogP contribution in [0.1, 0.15) is 13.3 Å². The van der Waals surface area contributed by atoms with Gasteiger partial charge in [0.05, 0.1) is 12.3 Å². The number of anilines is 1. The summed E-state index contributed by atoms with van der Waals surface area (Å²) in [5.74, 6) is 0.933. The van der Waals surface area contributed by atoms with E-state index in [1.54, 1.807) is 0 Å². The molecule has 0 bridgehead atoms. The maximum atomic E-state index is 5.72. The normalized spacial score (nSPS) is 10.4. The molecule has 84 valence electrons. The summed E-state index contributed by atoms with van der Waals surface area (Å²) in [6.45, 7) is 2.87. The van der Waals surface area contributed by atoms with Crippen molar-refractivity contribution in [2.75, 3.05) is 19.0 Å². The van der Waals surface area contributed by atoms with Crippen molar-refractivity contribution in [2.24, 2.45) is 0 Å². The Morgan fingerprint density at radius 1 is 1.12 bits per heavy atom. The number of hydrogen-bond donors (Lipinski definition) is 1. The zero-order valence-electron chi connectivity index (χ0n) is 9.79. The van der Waals surface area contributed by atoms with Crippen LogP contribution < -0.4 is 10.1 Å². The van der Waals surface area contributed by atoms with Crippen molar-refractivity contribution in [1.29, 1.82) is 0 Å². The van der Waals surface area contributed by atoms with Gasteiger partial charge in [-0.1, -0.05) is 31.2 Å². The summed E-state index contributed by atoms with van der Waals surface area (Å²) in [7, 11) is 1.92. The first-order valence-corrected chi connectivity index (χ1v) is 5.68. The largest absolute Gasteiger partial charge is 0.491 e. The maximum Gasteiger partial charge on any atom is 0.143 e. The molecule has 0 aliphatic carbocycles. The second-order valence-electron chi connectivity index (χ2n) is 3.79. The third-order valence-corrected chi connectivity index (χ3v) is 2.58. The van der Waals surface area contributed by atoms with E-state index < -0.39 is 0 Å². The predicted molar refractivity (Wildman–Crippen MR) is 69.3 cm³/mol. The van der Waals surface area contributed by atoms with Gasteiger partial charge in [0.2, 0.25) is 0 Å². The zero-order valence-corrected chi connectivity index (χ0v) is 9.79. The van der Waals surface area contributed by atoms with Crippen LogP contribution in [0.4, 0.5) is 5.69 Å². The van der Waals surface area contributed by atoms with Gasteiger partial charge in [-0.3, -0.25) is 0 Å². The smallest absolute Gasteiger partial charge is 0.143 e. The first-order valence-electron chi connectivity index (χ1n) is 5.68. The second kappa shape index (κ2) is 4.88. The van der Waals surface area contributed by atoms with Crippen LogP contribution in [-0.4, -0.2) is 13.7 Å². The fraction of sp³-hybridized carbons (Fsp3) is 0.286. The van der Waals surface area contributed by atoms with Crippen LogP contribution in [0, 0.1) is 0 Å². The first kappa shape index (κ1) is 10.8. The molecule has 0 heterocycles. The highest BCUT2D eigenvalue weighted by atomic mass is 16.5. The van der Waals surface area contributed by atoms with Crippen molar-refractivity contribution in [3.8, 4) is 5.75 Å². The van der Waals surface area contributed by atoms with Gasteiger partial charge in [-0.05, 0) is 29.3 Å². The minimum Gasteiger partial charge on any atom is -0.491 e. The van der Waals surface area contributed by atoms with Gasteiger partial charge in [0.15, 0.2) is 0 Å². The number of ether oxygens (including phenoxy) is 1. The molecule has 2 heteroatoms. The molecule has 1 N–H and O–H groups in total. The van der Waals surface area contributed by atoms with Gasteiger partial charge >= 0.3 is 0 Å². The zero-order chi connectivity index (χ0) is 11.4. The van der Waals surface area contributed by atoms with Crippen molar-refractivity contribution in [1.82, 2.24) is 0 Å². The Morgan fingerprint density at radius 3 is 2.44 bits per heavy atom. The molecule has 16 heavy (non-hydrogen) atoms. The molecule has 0 aromatic heterocycles. The van der Waals surface area contributed by atoms with Crippen molar-refractivity contribution in [2.45, 2.75) is 13.3 Å². The third kappa shape index (κ3) is 2.11. The molecule has 0 fully saturated rings. The monoisotopic (exact) mass is 215 g/mol. The first-order chi connectivity index (χ1) is 7.85. The average molecular weight is 215 g/mol. The van der Waals surface area contributed by atoms with Crippen LogP contribution in [0.5, 0.6) is 5.75 Å². The van der Waals surface area contributed by atoms with Gasteiger partial charge in [-0.15, -0.1) is 0 Å². The second-order valence-corrected chi connectivity index (χ2v) is 3.79. The van der Waals surface area contributed by atoms with Crippen molar-refractivity contribution < 1.29 is 4.74 Å². The van der Waals surface area contributed by atoms with Gasteiger partial charge in [0.25, 0.3) is 0 Å². The van der Waals surface area contributed by atoms with Crippen LogP contribution in [-0.2, 0) is 0 Å². The third-order valence-electron chi connectivity index (χ3n) is 2.58. The van der Waals surface area contributed by atoms with Gasteiger partial charge in [-0.2, -0.15) is 0 Å². The number of rotatable bonds is 4. The predicted octanol–water partition coefficient (Wildman–Crippen LogP) is 3.67. The quantitative estimate of drug-likeness (QED) is 0.840. The topological polar surface area (TPSA) is 21.3 Å². The van der Waals surface area contributed by atoms with Crippen molar-refractivity contribution in [3.05, 3.63) is 36.4 Å². The van der Waals surface area contributed by atoms with E-state index in [-0.39, 0.29) is 0 Å². The van der Waals surface area contributed by atoms with Crippen LogP contribution >= 0.6 is 0 Å². The van der Waals surface area contributed by atoms with E-state index in [1.165, 1.54) is 10.8 Å². The molecule has 0 saturated heterocycles. The van der Waals surface area contributed by atoms with E-state index in [4.69, 9.17) is 4.74 Å². The minimum absolute atomic E-state index is 0.757. The summed E-state index contributed by atoms with van der Waals surface area (Å²) in [4.78, 5) is 0. The van der Waals surface area contributed by atoms with Crippen LogP contribution in [0.3, 0.4) is 0 Å². The number of hydrogen-bond acceptors (Lipinski definition) is 2. The average Bonchev–Trinajstić information content (AvgIpc) is 2.35. The summed E-state index contributed by atoms with van der Waals surface area (Å²) < 4.78 is 5.72. The molecule has 2 rings (SSSR count). The highest BCUT2D eigenvalue weighted by molar-refractivity contribution is 5.88. The molecular weight excluding hydrogens is 198 g/mol. The molecule has 0 amide bonds. The summed E-state index contributed by atoms with van der Waals surface area (Å²) >= 11 is 0. The van der Waals surface area contributed by atoms with E-state index in [2.05, 4.69) is 36.5 Å².